The molecule has 4 rings (SSSR count). The number of aromatic nitrogens is 3. The molecule has 2 aromatic heterocycles. The van der Waals surface area contributed by atoms with Crippen LogP contribution in [-0.2, 0) is 4.74 Å². The van der Waals surface area contributed by atoms with E-state index in [0.717, 1.165) is 17.5 Å². The number of carbonyl (C=O) groups is 1. The second kappa shape index (κ2) is 9.28. The van der Waals surface area contributed by atoms with Gasteiger partial charge in [0, 0.05) is 17.4 Å². The number of thioether (sulfide) groups is 1. The number of ether oxygens (including phenoxy) is 1. The standard InChI is InChI=1S/C22H20ClN5O3S/c1-11-7-14(12(2)25-15-3-4-18(23)27-20(15)22(29)30)19-16(8-11)26-17(9-24)21(28-19)32-13-5-6-31-10-13/h3-4,7-8,12-13,25H,5-6,10H2,1-2H3,(H,29,30)/t12-,13?/m1/s1. The first-order valence-corrected chi connectivity index (χ1v) is 11.2. The molecule has 2 N–H and O–H groups in total. The lowest BCUT2D eigenvalue weighted by Gasteiger charge is -2.19. The summed E-state index contributed by atoms with van der Waals surface area (Å²) in [7, 11) is 0. The molecule has 3 heterocycles. The fourth-order valence-electron chi connectivity index (χ4n) is 3.59. The second-order valence-electron chi connectivity index (χ2n) is 7.52. The average molecular weight is 470 g/mol. The number of hydrogen-bond donors (Lipinski definition) is 2. The SMILES string of the molecule is Cc1cc([C@@H](C)Nc2ccc(Cl)nc2C(=O)O)c2nc(SC3CCOC3)c(C#N)nc2c1. The van der Waals surface area contributed by atoms with Crippen LogP contribution in [0.4, 0.5) is 5.69 Å². The fourth-order valence-corrected chi connectivity index (χ4v) is 4.78. The number of aryl methyl sites for hydroxylation is 1. The van der Waals surface area contributed by atoms with Crippen molar-refractivity contribution in [1.82, 2.24) is 15.0 Å². The minimum absolute atomic E-state index is 0.106. The number of carboxylic acid groups (broad SMARTS) is 1. The van der Waals surface area contributed by atoms with Gasteiger partial charge in [0.1, 0.15) is 16.2 Å². The van der Waals surface area contributed by atoms with Gasteiger partial charge < -0.3 is 15.2 Å². The van der Waals surface area contributed by atoms with Gasteiger partial charge in [0.15, 0.2) is 11.4 Å². The van der Waals surface area contributed by atoms with E-state index in [2.05, 4.69) is 21.4 Å². The Labute approximate surface area is 194 Å². The number of carboxylic acids is 1. The van der Waals surface area contributed by atoms with E-state index in [0.29, 0.717) is 40.7 Å². The topological polar surface area (TPSA) is 121 Å². The summed E-state index contributed by atoms with van der Waals surface area (Å²) in [6.45, 7) is 5.17. The van der Waals surface area contributed by atoms with Gasteiger partial charge in [0.05, 0.1) is 29.4 Å². The highest BCUT2D eigenvalue weighted by atomic mass is 35.5. The summed E-state index contributed by atoms with van der Waals surface area (Å²) in [6.07, 6.45) is 0.898. The van der Waals surface area contributed by atoms with Gasteiger partial charge in [-0.25, -0.2) is 19.7 Å². The molecule has 1 aliphatic heterocycles. The van der Waals surface area contributed by atoms with Crippen molar-refractivity contribution in [2.45, 2.75) is 36.6 Å². The number of pyridine rings is 1. The third-order valence-electron chi connectivity index (χ3n) is 5.09. The van der Waals surface area contributed by atoms with E-state index in [-0.39, 0.29) is 22.1 Å². The molecule has 1 aromatic carbocycles. The quantitative estimate of drug-likeness (QED) is 0.498. The number of aromatic carboxylic acids is 1. The Bertz CT molecular complexity index is 1240. The van der Waals surface area contributed by atoms with Gasteiger partial charge in [-0.15, -0.1) is 0 Å². The molecule has 1 saturated heterocycles. The summed E-state index contributed by atoms with van der Waals surface area (Å²) >= 11 is 7.38. The number of nitrogens with one attached hydrogen (secondary N) is 1. The van der Waals surface area contributed by atoms with Crippen LogP contribution in [0.25, 0.3) is 11.0 Å². The Morgan fingerprint density at radius 2 is 2.19 bits per heavy atom. The summed E-state index contributed by atoms with van der Waals surface area (Å²) in [4.78, 5) is 24.9. The molecule has 32 heavy (non-hydrogen) atoms. The number of benzene rings is 1. The number of anilines is 1. The Morgan fingerprint density at radius 3 is 2.88 bits per heavy atom. The van der Waals surface area contributed by atoms with Crippen molar-refractivity contribution < 1.29 is 14.6 Å². The van der Waals surface area contributed by atoms with E-state index in [9.17, 15) is 15.2 Å². The zero-order valence-corrected chi connectivity index (χ0v) is 19.0. The number of nitrogens with zero attached hydrogens (tertiary/aromatic N) is 4. The fraction of sp³-hybridized carbons (Fsp3) is 0.318. The minimum atomic E-state index is -1.17. The Balaban J connectivity index is 1.76. The maximum Gasteiger partial charge on any atom is 0.356 e. The normalized spacial score (nSPS) is 16.6. The van der Waals surface area contributed by atoms with E-state index >= 15 is 0 Å². The van der Waals surface area contributed by atoms with Crippen LogP contribution in [0.5, 0.6) is 0 Å². The lowest BCUT2D eigenvalue weighted by atomic mass is 10.0. The third-order valence-corrected chi connectivity index (χ3v) is 6.51. The van der Waals surface area contributed by atoms with E-state index in [1.165, 1.54) is 17.8 Å². The van der Waals surface area contributed by atoms with Crippen LogP contribution in [0.15, 0.2) is 29.3 Å². The molecule has 0 aliphatic carbocycles. The largest absolute Gasteiger partial charge is 0.476 e. The molecule has 3 aromatic rings. The van der Waals surface area contributed by atoms with Gasteiger partial charge in [0.2, 0.25) is 0 Å². The first-order chi connectivity index (χ1) is 15.4. The molecule has 2 atom stereocenters. The monoisotopic (exact) mass is 469 g/mol. The predicted molar refractivity (Wildman–Crippen MR) is 122 cm³/mol. The van der Waals surface area contributed by atoms with Gasteiger partial charge in [-0.2, -0.15) is 5.26 Å². The lowest BCUT2D eigenvalue weighted by Crippen LogP contribution is -2.13. The molecule has 1 unspecified atom stereocenters. The highest BCUT2D eigenvalue weighted by molar-refractivity contribution is 8.00. The molecule has 0 amide bonds. The number of nitriles is 1. The maximum atomic E-state index is 11.6. The van der Waals surface area contributed by atoms with Crippen molar-refractivity contribution in [3.8, 4) is 6.07 Å². The molecule has 0 radical (unpaired) electrons. The molecular formula is C22H20ClN5O3S. The van der Waals surface area contributed by atoms with E-state index in [1.54, 1.807) is 6.07 Å². The summed E-state index contributed by atoms with van der Waals surface area (Å²) in [5.74, 6) is -1.17. The lowest BCUT2D eigenvalue weighted by molar-refractivity contribution is 0.0691. The molecule has 1 aliphatic rings. The average Bonchev–Trinajstić information content (AvgIpc) is 3.27. The smallest absolute Gasteiger partial charge is 0.356 e. The minimum Gasteiger partial charge on any atom is -0.476 e. The highest BCUT2D eigenvalue weighted by Crippen LogP contribution is 2.33. The van der Waals surface area contributed by atoms with Crippen molar-refractivity contribution in [3.05, 3.63) is 51.9 Å². The summed E-state index contributed by atoms with van der Waals surface area (Å²) in [5.41, 5.74) is 3.56. The van der Waals surface area contributed by atoms with Gasteiger partial charge >= 0.3 is 5.97 Å². The van der Waals surface area contributed by atoms with E-state index in [1.807, 2.05) is 26.0 Å². The third kappa shape index (κ3) is 4.63. The Hall–Kier alpha value is -2.93. The summed E-state index contributed by atoms with van der Waals surface area (Å²) in [6, 6.07) is 8.85. The number of halogens is 1. The maximum absolute atomic E-state index is 11.6. The summed E-state index contributed by atoms with van der Waals surface area (Å²) in [5, 5.41) is 23.2. The van der Waals surface area contributed by atoms with Crippen LogP contribution in [0.2, 0.25) is 5.15 Å². The van der Waals surface area contributed by atoms with Gasteiger partial charge in [-0.3, -0.25) is 0 Å². The Kier molecular flexibility index (Phi) is 6.46. The van der Waals surface area contributed by atoms with Crippen molar-refractivity contribution in [2.75, 3.05) is 18.5 Å². The Morgan fingerprint density at radius 1 is 1.38 bits per heavy atom. The van der Waals surface area contributed by atoms with Gasteiger partial charge in [0.25, 0.3) is 0 Å². The molecule has 0 saturated carbocycles. The zero-order chi connectivity index (χ0) is 22.8. The van der Waals surface area contributed by atoms with Crippen molar-refractivity contribution >= 4 is 46.1 Å². The molecule has 8 nitrogen and oxygen atoms in total. The van der Waals surface area contributed by atoms with Crippen LogP contribution in [0.3, 0.4) is 0 Å². The number of fused-ring (bicyclic) bond motifs is 1. The van der Waals surface area contributed by atoms with Crippen molar-refractivity contribution in [1.29, 1.82) is 5.26 Å². The van der Waals surface area contributed by atoms with Crippen molar-refractivity contribution in [3.63, 3.8) is 0 Å². The second-order valence-corrected chi connectivity index (χ2v) is 9.19. The van der Waals surface area contributed by atoms with E-state index < -0.39 is 5.97 Å². The summed E-state index contributed by atoms with van der Waals surface area (Å²) < 4.78 is 5.45. The molecular weight excluding hydrogens is 450 g/mol. The van der Waals surface area contributed by atoms with Crippen molar-refractivity contribution in [2.24, 2.45) is 0 Å². The molecule has 10 heteroatoms. The molecule has 1 fully saturated rings. The van der Waals surface area contributed by atoms with Crippen LogP contribution in [0, 0.1) is 18.3 Å². The van der Waals surface area contributed by atoms with Gasteiger partial charge in [-0.05, 0) is 44.0 Å². The number of rotatable bonds is 6. The molecule has 0 spiro atoms. The van der Waals surface area contributed by atoms with Crippen LogP contribution in [0.1, 0.15) is 46.7 Å². The number of hydrogen-bond acceptors (Lipinski definition) is 8. The predicted octanol–water partition coefficient (Wildman–Crippen LogP) is 4.61. The highest BCUT2D eigenvalue weighted by Gasteiger charge is 2.23. The first kappa shape index (κ1) is 22.3. The molecule has 164 valence electrons. The molecule has 0 bridgehead atoms. The first-order valence-electron chi connectivity index (χ1n) is 9.99. The van der Waals surface area contributed by atoms with Crippen LogP contribution < -0.4 is 5.32 Å². The van der Waals surface area contributed by atoms with Crippen LogP contribution in [-0.4, -0.2) is 44.5 Å². The van der Waals surface area contributed by atoms with Gasteiger partial charge in [-0.1, -0.05) is 29.4 Å². The van der Waals surface area contributed by atoms with Crippen LogP contribution >= 0.6 is 23.4 Å². The zero-order valence-electron chi connectivity index (χ0n) is 17.4. The van der Waals surface area contributed by atoms with E-state index in [4.69, 9.17) is 21.3 Å².